The van der Waals surface area contributed by atoms with Crippen LogP contribution < -0.4 is 0 Å². The molecule has 2 heteroatoms. The fraction of sp³-hybridized carbons (Fsp3) is 0.500. The van der Waals surface area contributed by atoms with Crippen LogP contribution in [0, 0.1) is 13.1 Å². The van der Waals surface area contributed by atoms with E-state index in [4.69, 9.17) is 0 Å². The molecule has 1 radical (unpaired) electrons. The highest BCUT2D eigenvalue weighted by Gasteiger charge is 2.24. The summed E-state index contributed by atoms with van der Waals surface area (Å²) in [5.74, 6) is 1.56. The van der Waals surface area contributed by atoms with Gasteiger partial charge in [0.15, 0.2) is 0 Å². The fourth-order valence-electron chi connectivity index (χ4n) is 1.02. The molecule has 0 atom stereocenters. The van der Waals surface area contributed by atoms with E-state index >= 15 is 0 Å². The van der Waals surface area contributed by atoms with Crippen molar-refractivity contribution in [1.82, 2.24) is 9.97 Å². The van der Waals surface area contributed by atoms with Gasteiger partial charge in [-0.05, 0) is 25.8 Å². The normalized spacial score (nSPS) is 17.3. The second-order valence-electron chi connectivity index (χ2n) is 2.74. The summed E-state index contributed by atoms with van der Waals surface area (Å²) in [6.45, 7) is 1.91. The van der Waals surface area contributed by atoms with Gasteiger partial charge in [-0.2, -0.15) is 0 Å². The molecule has 0 saturated heterocycles. The fourth-order valence-corrected chi connectivity index (χ4v) is 1.02. The number of aromatic nitrogens is 2. The van der Waals surface area contributed by atoms with Crippen LogP contribution in [0.3, 0.4) is 0 Å². The lowest BCUT2D eigenvalue weighted by Crippen LogP contribution is -1.91. The van der Waals surface area contributed by atoms with Crippen LogP contribution >= 0.6 is 0 Å². The molecule has 0 unspecified atom stereocenters. The van der Waals surface area contributed by atoms with Gasteiger partial charge in [0.1, 0.15) is 5.82 Å². The number of rotatable bonds is 1. The predicted molar refractivity (Wildman–Crippen MR) is 37.6 cm³/mol. The van der Waals surface area contributed by atoms with Gasteiger partial charge in [-0.25, -0.2) is 9.97 Å². The van der Waals surface area contributed by atoms with Gasteiger partial charge in [-0.1, -0.05) is 0 Å². The summed E-state index contributed by atoms with van der Waals surface area (Å²) in [4.78, 5) is 8.21. The maximum Gasteiger partial charge on any atom is 0.126 e. The van der Waals surface area contributed by atoms with Crippen molar-refractivity contribution in [3.05, 3.63) is 23.8 Å². The van der Waals surface area contributed by atoms with Crippen LogP contribution in [0.2, 0.25) is 0 Å². The molecule has 0 N–H and O–H groups in total. The van der Waals surface area contributed by atoms with Crippen LogP contribution in [-0.4, -0.2) is 9.97 Å². The number of hydrogen-bond acceptors (Lipinski definition) is 2. The molecule has 0 aliphatic heterocycles. The minimum absolute atomic E-state index is 0.720. The largest absolute Gasteiger partial charge is 0.238 e. The summed E-state index contributed by atoms with van der Waals surface area (Å²) in [6.07, 6.45) is 5.43. The Kier molecular flexibility index (Phi) is 1.19. The minimum atomic E-state index is 0.720. The number of nitrogens with zero attached hydrogens (tertiary/aromatic N) is 2. The standard InChI is InChI=1S/C8H9N2/c1-6-9-5-4-8(10-6)7-2-3-7/h4,7H,2-3H2,1H3. The predicted octanol–water partition coefficient (Wildman–Crippen LogP) is 1.46. The van der Waals surface area contributed by atoms with E-state index in [1.165, 1.54) is 18.5 Å². The summed E-state index contributed by atoms with van der Waals surface area (Å²) in [5, 5.41) is 0. The zero-order valence-electron chi connectivity index (χ0n) is 5.96. The molecule has 2 nitrogen and oxygen atoms in total. The Balaban J connectivity index is 2.32. The average molecular weight is 133 g/mol. The Morgan fingerprint density at radius 2 is 2.40 bits per heavy atom. The second-order valence-corrected chi connectivity index (χ2v) is 2.74. The van der Waals surface area contributed by atoms with Gasteiger partial charge in [0.25, 0.3) is 0 Å². The third kappa shape index (κ3) is 1.01. The number of aryl methyl sites for hydroxylation is 1. The lowest BCUT2D eigenvalue weighted by atomic mass is 10.3. The lowest BCUT2D eigenvalue weighted by molar-refractivity contribution is 0.937. The van der Waals surface area contributed by atoms with E-state index in [0.717, 1.165) is 11.7 Å². The van der Waals surface area contributed by atoms with Crippen molar-refractivity contribution in [2.45, 2.75) is 25.7 Å². The molecule has 51 valence electrons. The Labute approximate surface area is 60.3 Å². The van der Waals surface area contributed by atoms with Crippen molar-refractivity contribution in [3.63, 3.8) is 0 Å². The molecule has 1 saturated carbocycles. The molecular formula is C8H9N2. The highest BCUT2D eigenvalue weighted by Crippen LogP contribution is 2.38. The number of hydrogen-bond donors (Lipinski definition) is 0. The van der Waals surface area contributed by atoms with Crippen molar-refractivity contribution in [1.29, 1.82) is 0 Å². The van der Waals surface area contributed by atoms with E-state index in [2.05, 4.69) is 16.2 Å². The zero-order valence-corrected chi connectivity index (χ0v) is 5.96. The molecule has 1 aromatic heterocycles. The lowest BCUT2D eigenvalue weighted by Gasteiger charge is -1.94. The molecule has 1 aliphatic rings. The van der Waals surface area contributed by atoms with Crippen LogP contribution in [-0.2, 0) is 0 Å². The topological polar surface area (TPSA) is 25.8 Å². The molecule has 10 heavy (non-hydrogen) atoms. The monoisotopic (exact) mass is 133 g/mol. The van der Waals surface area contributed by atoms with Crippen LogP contribution in [0.15, 0.2) is 6.07 Å². The molecular weight excluding hydrogens is 124 g/mol. The van der Waals surface area contributed by atoms with Crippen molar-refractivity contribution >= 4 is 0 Å². The summed E-state index contributed by atoms with van der Waals surface area (Å²) < 4.78 is 0. The second kappa shape index (κ2) is 2.04. The van der Waals surface area contributed by atoms with Crippen molar-refractivity contribution in [2.24, 2.45) is 0 Å². The highest BCUT2D eigenvalue weighted by atomic mass is 14.9. The molecule has 0 amide bonds. The minimum Gasteiger partial charge on any atom is -0.238 e. The Morgan fingerprint density at radius 1 is 1.60 bits per heavy atom. The molecule has 1 aliphatic carbocycles. The van der Waals surface area contributed by atoms with Crippen LogP contribution in [0.1, 0.15) is 30.3 Å². The van der Waals surface area contributed by atoms with Crippen LogP contribution in [0.5, 0.6) is 0 Å². The first-order chi connectivity index (χ1) is 4.86. The molecule has 1 aromatic rings. The van der Waals surface area contributed by atoms with Gasteiger partial charge in [-0.3, -0.25) is 0 Å². The summed E-state index contributed by atoms with van der Waals surface area (Å²) in [6, 6.07) is 1.89. The Morgan fingerprint density at radius 3 is 3.00 bits per heavy atom. The van der Waals surface area contributed by atoms with Crippen LogP contribution in [0.25, 0.3) is 0 Å². The Bertz CT molecular complexity index is 241. The third-order valence-electron chi connectivity index (χ3n) is 1.73. The van der Waals surface area contributed by atoms with E-state index in [1.54, 1.807) is 0 Å². The van der Waals surface area contributed by atoms with Gasteiger partial charge in [0.05, 0.1) is 6.20 Å². The molecule has 0 bridgehead atoms. The first kappa shape index (κ1) is 5.83. The maximum absolute atomic E-state index is 4.29. The van der Waals surface area contributed by atoms with E-state index in [-0.39, 0.29) is 0 Å². The first-order valence-electron chi connectivity index (χ1n) is 3.58. The van der Waals surface area contributed by atoms with E-state index in [0.29, 0.717) is 0 Å². The quantitative estimate of drug-likeness (QED) is 0.579. The van der Waals surface area contributed by atoms with Crippen LogP contribution in [0.4, 0.5) is 0 Å². The van der Waals surface area contributed by atoms with Gasteiger partial charge in [0, 0.05) is 11.6 Å². The first-order valence-corrected chi connectivity index (χ1v) is 3.58. The third-order valence-corrected chi connectivity index (χ3v) is 1.73. The summed E-state index contributed by atoms with van der Waals surface area (Å²) >= 11 is 0. The molecule has 2 rings (SSSR count). The SMILES string of the molecule is Cc1n[c]cc(C2CC2)n1. The van der Waals surface area contributed by atoms with Crippen molar-refractivity contribution in [2.75, 3.05) is 0 Å². The smallest absolute Gasteiger partial charge is 0.126 e. The molecule has 0 spiro atoms. The van der Waals surface area contributed by atoms with Crippen molar-refractivity contribution in [3.8, 4) is 0 Å². The van der Waals surface area contributed by atoms with Gasteiger partial charge < -0.3 is 0 Å². The van der Waals surface area contributed by atoms with Gasteiger partial charge in [0.2, 0.25) is 0 Å². The van der Waals surface area contributed by atoms with E-state index in [1.807, 2.05) is 13.0 Å². The molecule has 1 fully saturated rings. The molecule has 1 heterocycles. The van der Waals surface area contributed by atoms with Crippen molar-refractivity contribution < 1.29 is 0 Å². The Hall–Kier alpha value is -0.920. The van der Waals surface area contributed by atoms with E-state index in [9.17, 15) is 0 Å². The zero-order chi connectivity index (χ0) is 6.97. The average Bonchev–Trinajstić information content (AvgIpc) is 2.68. The highest BCUT2D eigenvalue weighted by molar-refractivity contribution is 5.12. The summed E-state index contributed by atoms with van der Waals surface area (Å²) in [5.41, 5.74) is 1.17. The van der Waals surface area contributed by atoms with Gasteiger partial charge in [-0.15, -0.1) is 0 Å². The summed E-state index contributed by atoms with van der Waals surface area (Å²) in [7, 11) is 0. The van der Waals surface area contributed by atoms with E-state index < -0.39 is 0 Å². The molecule has 0 aromatic carbocycles. The maximum atomic E-state index is 4.29. The van der Waals surface area contributed by atoms with Gasteiger partial charge >= 0.3 is 0 Å².